The molecule has 26 heavy (non-hydrogen) atoms. The van der Waals surface area contributed by atoms with Gasteiger partial charge < -0.3 is 9.73 Å². The zero-order valence-electron chi connectivity index (χ0n) is 13.8. The van der Waals surface area contributed by atoms with Gasteiger partial charge in [0.25, 0.3) is 0 Å². The average molecular weight is 384 g/mol. The molecule has 1 N–H and O–H groups in total. The van der Waals surface area contributed by atoms with Crippen molar-refractivity contribution in [1.29, 1.82) is 0 Å². The minimum atomic E-state index is -0.391. The molecule has 1 atom stereocenters. The Bertz CT molecular complexity index is 1110. The second kappa shape index (κ2) is 6.97. The van der Waals surface area contributed by atoms with E-state index in [2.05, 4.69) is 15.3 Å². The van der Waals surface area contributed by atoms with Crippen molar-refractivity contribution < 1.29 is 9.21 Å². The summed E-state index contributed by atoms with van der Waals surface area (Å²) in [4.78, 5) is 21.1. The molecule has 0 radical (unpaired) electrons. The molecule has 4 rings (SSSR count). The lowest BCUT2D eigenvalue weighted by molar-refractivity contribution is -0.115. The topological polar surface area (TPSA) is 68.0 Å². The molecule has 0 unspecified atom stereocenters. The first-order valence-corrected chi connectivity index (χ1v) is 9.23. The predicted molar refractivity (Wildman–Crippen MR) is 105 cm³/mol. The summed E-state index contributed by atoms with van der Waals surface area (Å²) in [5, 5.41) is 4.51. The number of thioether (sulfide) groups is 1. The molecule has 0 spiro atoms. The van der Waals surface area contributed by atoms with Crippen LogP contribution in [0.1, 0.15) is 6.92 Å². The van der Waals surface area contributed by atoms with Crippen molar-refractivity contribution in [2.24, 2.45) is 0 Å². The van der Waals surface area contributed by atoms with Crippen LogP contribution >= 0.6 is 23.4 Å². The molecule has 130 valence electrons. The summed E-state index contributed by atoms with van der Waals surface area (Å²) in [5.74, 6) is -0.161. The number of furan rings is 1. The molecule has 2 aromatic heterocycles. The summed E-state index contributed by atoms with van der Waals surface area (Å²) in [5.41, 5.74) is 2.68. The van der Waals surface area contributed by atoms with E-state index in [0.717, 1.165) is 16.5 Å². The van der Waals surface area contributed by atoms with Crippen molar-refractivity contribution in [3.8, 4) is 0 Å². The maximum atomic E-state index is 12.5. The Balaban J connectivity index is 1.60. The number of hydrogen-bond acceptors (Lipinski definition) is 5. The third kappa shape index (κ3) is 3.13. The minimum Gasteiger partial charge on any atom is -0.451 e. The summed E-state index contributed by atoms with van der Waals surface area (Å²) < 4.78 is 5.90. The number of hydrogen-bond donors (Lipinski definition) is 1. The highest BCUT2D eigenvalue weighted by Crippen LogP contribution is 2.34. The van der Waals surface area contributed by atoms with Crippen LogP contribution in [0.25, 0.3) is 22.1 Å². The van der Waals surface area contributed by atoms with Crippen LogP contribution in [0.5, 0.6) is 0 Å². The predicted octanol–water partition coefficient (Wildman–Crippen LogP) is 5.15. The van der Waals surface area contributed by atoms with Crippen molar-refractivity contribution in [2.75, 3.05) is 5.32 Å². The smallest absolute Gasteiger partial charge is 0.237 e. The van der Waals surface area contributed by atoms with Gasteiger partial charge in [-0.2, -0.15) is 0 Å². The number of carbonyl (C=O) groups is 1. The molecule has 1 amide bonds. The summed E-state index contributed by atoms with van der Waals surface area (Å²) >= 11 is 7.42. The van der Waals surface area contributed by atoms with Crippen molar-refractivity contribution in [1.82, 2.24) is 9.97 Å². The van der Waals surface area contributed by atoms with E-state index in [0.29, 0.717) is 21.3 Å². The standard InChI is InChI=1S/C19H14ClN3O2S/c1-11(18(24)23-14-8-4-3-7-13(14)20)26-19-17-16(21-10-22-19)12-6-2-5-9-15(12)25-17/h2-11H,1H3,(H,23,24)/t11-/m1/s1. The number of amides is 1. The van der Waals surface area contributed by atoms with Crippen molar-refractivity contribution >= 4 is 57.0 Å². The molecule has 4 aromatic rings. The van der Waals surface area contributed by atoms with Gasteiger partial charge in [-0.15, -0.1) is 0 Å². The quantitative estimate of drug-likeness (QED) is 0.390. The van der Waals surface area contributed by atoms with Gasteiger partial charge in [-0.25, -0.2) is 9.97 Å². The Morgan fingerprint density at radius 1 is 1.15 bits per heavy atom. The maximum absolute atomic E-state index is 12.5. The summed E-state index contributed by atoms with van der Waals surface area (Å²) in [6, 6.07) is 14.8. The van der Waals surface area contributed by atoms with Gasteiger partial charge in [0, 0.05) is 5.39 Å². The van der Waals surface area contributed by atoms with E-state index in [1.807, 2.05) is 43.3 Å². The third-order valence-electron chi connectivity index (χ3n) is 3.91. The highest BCUT2D eigenvalue weighted by atomic mass is 35.5. The van der Waals surface area contributed by atoms with Crippen LogP contribution in [-0.2, 0) is 4.79 Å². The fraction of sp³-hybridized carbons (Fsp3) is 0.105. The average Bonchev–Trinajstić information content (AvgIpc) is 3.03. The summed E-state index contributed by atoms with van der Waals surface area (Å²) in [6.07, 6.45) is 1.49. The zero-order chi connectivity index (χ0) is 18.1. The number of nitrogens with one attached hydrogen (secondary N) is 1. The second-order valence-corrected chi connectivity index (χ2v) is 7.42. The van der Waals surface area contributed by atoms with Gasteiger partial charge in [0.1, 0.15) is 22.5 Å². The molecule has 5 nitrogen and oxygen atoms in total. The van der Waals surface area contributed by atoms with Crippen LogP contribution in [0.15, 0.2) is 64.3 Å². The van der Waals surface area contributed by atoms with Crippen LogP contribution in [-0.4, -0.2) is 21.1 Å². The van der Waals surface area contributed by atoms with Gasteiger partial charge >= 0.3 is 0 Å². The molecule has 0 aliphatic rings. The van der Waals surface area contributed by atoms with Gasteiger partial charge in [0.15, 0.2) is 5.58 Å². The van der Waals surface area contributed by atoms with Gasteiger partial charge in [-0.3, -0.25) is 4.79 Å². The Hall–Kier alpha value is -2.57. The van der Waals surface area contributed by atoms with Gasteiger partial charge in [-0.1, -0.05) is 47.6 Å². The SMILES string of the molecule is C[C@@H](Sc1ncnc2c1oc1ccccc12)C(=O)Nc1ccccc1Cl. The van der Waals surface area contributed by atoms with Gasteiger partial charge in [0.2, 0.25) is 5.91 Å². The highest BCUT2D eigenvalue weighted by Gasteiger charge is 2.20. The van der Waals surface area contributed by atoms with Crippen LogP contribution in [0.4, 0.5) is 5.69 Å². The van der Waals surface area contributed by atoms with Crippen LogP contribution in [0.3, 0.4) is 0 Å². The minimum absolute atomic E-state index is 0.161. The maximum Gasteiger partial charge on any atom is 0.237 e. The number of benzene rings is 2. The monoisotopic (exact) mass is 383 g/mol. The number of aromatic nitrogens is 2. The van der Waals surface area contributed by atoms with Crippen LogP contribution in [0.2, 0.25) is 5.02 Å². The van der Waals surface area contributed by atoms with E-state index in [1.165, 1.54) is 18.1 Å². The molecule has 0 bridgehead atoms. The van der Waals surface area contributed by atoms with Crippen molar-refractivity contribution in [2.45, 2.75) is 17.2 Å². The first kappa shape index (κ1) is 16.9. The normalized spacial score (nSPS) is 12.4. The Labute approximate surface area is 158 Å². The number of fused-ring (bicyclic) bond motifs is 3. The molecule has 2 heterocycles. The van der Waals surface area contributed by atoms with Crippen molar-refractivity contribution in [3.05, 3.63) is 59.9 Å². The summed E-state index contributed by atoms with van der Waals surface area (Å²) in [6.45, 7) is 1.81. The Kier molecular flexibility index (Phi) is 4.53. The number of halogens is 1. The third-order valence-corrected chi connectivity index (χ3v) is 5.33. The molecular weight excluding hydrogens is 370 g/mol. The number of rotatable bonds is 4. The fourth-order valence-electron chi connectivity index (χ4n) is 2.60. The van der Waals surface area contributed by atoms with Gasteiger partial charge in [-0.05, 0) is 31.2 Å². The van der Waals surface area contributed by atoms with E-state index >= 15 is 0 Å². The van der Waals surface area contributed by atoms with E-state index in [4.69, 9.17) is 16.0 Å². The van der Waals surface area contributed by atoms with E-state index in [-0.39, 0.29) is 5.91 Å². The molecule has 7 heteroatoms. The zero-order valence-corrected chi connectivity index (χ0v) is 15.3. The molecule has 0 aliphatic carbocycles. The first-order chi connectivity index (χ1) is 12.6. The lowest BCUT2D eigenvalue weighted by atomic mass is 10.2. The number of nitrogens with zero attached hydrogens (tertiary/aromatic N) is 2. The van der Waals surface area contributed by atoms with E-state index in [9.17, 15) is 4.79 Å². The lowest BCUT2D eigenvalue weighted by Crippen LogP contribution is -2.22. The highest BCUT2D eigenvalue weighted by molar-refractivity contribution is 8.00. The Morgan fingerprint density at radius 2 is 1.92 bits per heavy atom. The molecule has 2 aromatic carbocycles. The Morgan fingerprint density at radius 3 is 2.77 bits per heavy atom. The molecule has 0 fully saturated rings. The van der Waals surface area contributed by atoms with E-state index < -0.39 is 5.25 Å². The summed E-state index contributed by atoms with van der Waals surface area (Å²) in [7, 11) is 0. The number of anilines is 1. The second-order valence-electron chi connectivity index (χ2n) is 5.68. The van der Waals surface area contributed by atoms with Crippen molar-refractivity contribution in [3.63, 3.8) is 0 Å². The van der Waals surface area contributed by atoms with E-state index in [1.54, 1.807) is 12.1 Å². The molecule has 0 saturated carbocycles. The first-order valence-electron chi connectivity index (χ1n) is 7.98. The fourth-order valence-corrected chi connectivity index (χ4v) is 3.64. The lowest BCUT2D eigenvalue weighted by Gasteiger charge is -2.12. The number of carbonyl (C=O) groups excluding carboxylic acids is 1. The molecule has 0 aliphatic heterocycles. The molecule has 0 saturated heterocycles. The number of para-hydroxylation sites is 2. The van der Waals surface area contributed by atoms with Crippen LogP contribution in [0, 0.1) is 0 Å². The van der Waals surface area contributed by atoms with Crippen LogP contribution < -0.4 is 5.32 Å². The van der Waals surface area contributed by atoms with Gasteiger partial charge in [0.05, 0.1) is 16.0 Å². The largest absolute Gasteiger partial charge is 0.451 e. The molecular formula is C19H14ClN3O2S.